The number of carbonyl (C=O) groups excluding carboxylic acids is 2. The van der Waals surface area contributed by atoms with Gasteiger partial charge in [-0.25, -0.2) is 0 Å². The summed E-state index contributed by atoms with van der Waals surface area (Å²) in [4.78, 5) is 26.0. The van der Waals surface area contributed by atoms with E-state index in [1.54, 1.807) is 40.7 Å². The van der Waals surface area contributed by atoms with Crippen LogP contribution in [0.2, 0.25) is 0 Å². The zero-order valence-corrected chi connectivity index (χ0v) is 17.8. The number of nitrogens with one attached hydrogen (secondary N) is 2. The van der Waals surface area contributed by atoms with E-state index in [0.717, 1.165) is 4.90 Å². The lowest BCUT2D eigenvalue weighted by Crippen LogP contribution is -2.33. The Morgan fingerprint density at radius 1 is 1.25 bits per heavy atom. The molecule has 1 aliphatic heterocycles. The van der Waals surface area contributed by atoms with Crippen molar-refractivity contribution in [2.24, 2.45) is 0 Å². The molecule has 0 bridgehead atoms. The number of fused-ring (bicyclic) bond motifs is 1. The fourth-order valence-corrected chi connectivity index (χ4v) is 4.58. The van der Waals surface area contributed by atoms with Gasteiger partial charge in [0.2, 0.25) is 5.91 Å². The third-order valence-electron chi connectivity index (χ3n) is 4.48. The summed E-state index contributed by atoms with van der Waals surface area (Å²) in [6.45, 7) is 5.80. The fraction of sp³-hybridized carbons (Fsp3) is 0.300. The molecule has 0 aliphatic carbocycles. The normalized spacial score (nSPS) is 17.2. The first-order chi connectivity index (χ1) is 13.3. The van der Waals surface area contributed by atoms with Crippen LogP contribution in [0.5, 0.6) is 0 Å². The van der Waals surface area contributed by atoms with E-state index in [-0.39, 0.29) is 23.1 Å². The van der Waals surface area contributed by atoms with Gasteiger partial charge >= 0.3 is 0 Å². The van der Waals surface area contributed by atoms with E-state index in [2.05, 4.69) is 10.6 Å². The van der Waals surface area contributed by atoms with E-state index >= 15 is 0 Å². The van der Waals surface area contributed by atoms with Crippen LogP contribution < -0.4 is 10.6 Å². The molecule has 8 heteroatoms. The molecule has 2 atom stereocenters. The summed E-state index contributed by atoms with van der Waals surface area (Å²) in [5.74, 6) is -0.334. The topological polar surface area (TPSA) is 84.5 Å². The van der Waals surface area contributed by atoms with Crippen LogP contribution in [0.15, 0.2) is 52.3 Å². The smallest absolute Gasteiger partial charge is 0.255 e. The second-order valence-electron chi connectivity index (χ2n) is 6.83. The molecule has 0 radical (unpaired) electrons. The van der Waals surface area contributed by atoms with Gasteiger partial charge in [0.25, 0.3) is 5.91 Å². The predicted molar refractivity (Wildman–Crippen MR) is 114 cm³/mol. The SMILES string of the molecule is CC1Sc2ccc(C(=O)Nc3ccc([S+]([O-])N(C)C(C)C)cc3)cc2NC1=O. The molecule has 0 spiro atoms. The van der Waals surface area contributed by atoms with Crippen molar-refractivity contribution in [3.05, 3.63) is 48.0 Å². The van der Waals surface area contributed by atoms with Crippen LogP contribution >= 0.6 is 11.8 Å². The Labute approximate surface area is 172 Å². The van der Waals surface area contributed by atoms with Gasteiger partial charge in [0.15, 0.2) is 4.90 Å². The van der Waals surface area contributed by atoms with Crippen molar-refractivity contribution in [1.82, 2.24) is 4.31 Å². The zero-order chi connectivity index (χ0) is 20.4. The van der Waals surface area contributed by atoms with Crippen LogP contribution in [0, 0.1) is 0 Å². The summed E-state index contributed by atoms with van der Waals surface area (Å²) in [6, 6.07) is 12.4. The molecule has 1 heterocycles. The van der Waals surface area contributed by atoms with Gasteiger partial charge in [-0.3, -0.25) is 9.59 Å². The van der Waals surface area contributed by atoms with Gasteiger partial charge < -0.3 is 15.2 Å². The molecule has 0 fully saturated rings. The molecule has 3 rings (SSSR count). The van der Waals surface area contributed by atoms with Crippen LogP contribution in [-0.4, -0.2) is 39.0 Å². The van der Waals surface area contributed by atoms with E-state index in [1.807, 2.05) is 33.9 Å². The maximum absolute atomic E-state index is 12.6. The highest BCUT2D eigenvalue weighted by atomic mass is 32.2. The highest BCUT2D eigenvalue weighted by molar-refractivity contribution is 8.01. The Morgan fingerprint density at radius 3 is 2.57 bits per heavy atom. The maximum atomic E-state index is 12.6. The Hall–Kier alpha value is -2.00. The van der Waals surface area contributed by atoms with Gasteiger partial charge in [-0.15, -0.1) is 16.1 Å². The molecule has 2 N–H and O–H groups in total. The molecule has 2 amide bonds. The molecule has 0 saturated heterocycles. The highest BCUT2D eigenvalue weighted by Crippen LogP contribution is 2.36. The molecule has 28 heavy (non-hydrogen) atoms. The maximum Gasteiger partial charge on any atom is 0.255 e. The lowest BCUT2D eigenvalue weighted by Gasteiger charge is -2.23. The fourth-order valence-electron chi connectivity index (χ4n) is 2.57. The average Bonchev–Trinajstić information content (AvgIpc) is 2.67. The molecule has 1 aliphatic rings. The van der Waals surface area contributed by atoms with E-state index in [1.165, 1.54) is 11.8 Å². The van der Waals surface area contributed by atoms with E-state index < -0.39 is 11.4 Å². The second-order valence-corrected chi connectivity index (χ2v) is 9.76. The van der Waals surface area contributed by atoms with Gasteiger partial charge in [-0.05, 0) is 63.2 Å². The number of benzene rings is 2. The third kappa shape index (κ3) is 4.52. The first-order valence-corrected chi connectivity index (χ1v) is 10.9. The summed E-state index contributed by atoms with van der Waals surface area (Å²) in [6.07, 6.45) is 0. The Balaban J connectivity index is 1.70. The number of amides is 2. The molecule has 2 unspecified atom stereocenters. The zero-order valence-electron chi connectivity index (χ0n) is 16.2. The van der Waals surface area contributed by atoms with Crippen LogP contribution in [0.3, 0.4) is 0 Å². The summed E-state index contributed by atoms with van der Waals surface area (Å²) < 4.78 is 14.2. The van der Waals surface area contributed by atoms with Crippen molar-refractivity contribution < 1.29 is 14.1 Å². The molecule has 2 aromatic rings. The minimum atomic E-state index is -1.25. The quantitative estimate of drug-likeness (QED) is 0.724. The van der Waals surface area contributed by atoms with E-state index in [0.29, 0.717) is 21.8 Å². The largest absolute Gasteiger partial charge is 0.593 e. The van der Waals surface area contributed by atoms with Gasteiger partial charge in [-0.2, -0.15) is 0 Å². The Kier molecular flexibility index (Phi) is 6.34. The summed E-state index contributed by atoms with van der Waals surface area (Å²) in [5, 5.41) is 5.51. The number of hydrogen-bond acceptors (Lipinski definition) is 5. The number of thioether (sulfide) groups is 1. The molecule has 0 aromatic heterocycles. The summed E-state index contributed by atoms with van der Waals surface area (Å²) in [7, 11) is 1.81. The van der Waals surface area contributed by atoms with Crippen molar-refractivity contribution in [1.29, 1.82) is 0 Å². The van der Waals surface area contributed by atoms with Gasteiger partial charge in [0.1, 0.15) is 0 Å². The number of rotatable bonds is 5. The van der Waals surface area contributed by atoms with Crippen molar-refractivity contribution in [3.63, 3.8) is 0 Å². The van der Waals surface area contributed by atoms with Gasteiger partial charge in [0.05, 0.1) is 28.3 Å². The summed E-state index contributed by atoms with van der Waals surface area (Å²) in [5.41, 5.74) is 1.73. The summed E-state index contributed by atoms with van der Waals surface area (Å²) >= 11 is 0.231. The number of carbonyl (C=O) groups is 2. The minimum Gasteiger partial charge on any atom is -0.593 e. The Bertz CT molecular complexity index is 887. The molecule has 2 aromatic carbocycles. The predicted octanol–water partition coefficient (Wildman–Crippen LogP) is 3.73. The first kappa shape index (κ1) is 20.7. The third-order valence-corrected chi connectivity index (χ3v) is 7.27. The van der Waals surface area contributed by atoms with E-state index in [4.69, 9.17) is 0 Å². The van der Waals surface area contributed by atoms with Crippen LogP contribution in [0.4, 0.5) is 11.4 Å². The van der Waals surface area contributed by atoms with Crippen LogP contribution in [0.1, 0.15) is 31.1 Å². The van der Waals surface area contributed by atoms with Crippen molar-refractivity contribution in [3.8, 4) is 0 Å². The van der Waals surface area contributed by atoms with Crippen molar-refractivity contribution in [2.45, 2.75) is 41.9 Å². The number of anilines is 2. The molecular weight excluding hydrogens is 394 g/mol. The molecule has 6 nitrogen and oxygen atoms in total. The van der Waals surface area contributed by atoms with Crippen LogP contribution in [-0.2, 0) is 16.2 Å². The standard InChI is InChI=1S/C20H23N3O3S2/c1-12(2)23(4)28(26)16-8-6-15(7-9-16)21-20(25)14-5-10-18-17(11-14)22-19(24)13(3)27-18/h5-13H,1-4H3,(H,21,25)(H,22,24). The van der Waals surface area contributed by atoms with E-state index in [9.17, 15) is 14.1 Å². The Morgan fingerprint density at radius 2 is 1.93 bits per heavy atom. The molecular formula is C20H23N3O3S2. The minimum absolute atomic E-state index is 0.0648. The lowest BCUT2D eigenvalue weighted by molar-refractivity contribution is -0.115. The van der Waals surface area contributed by atoms with Crippen LogP contribution in [0.25, 0.3) is 0 Å². The first-order valence-electron chi connectivity index (χ1n) is 8.94. The van der Waals surface area contributed by atoms with Gasteiger partial charge in [-0.1, -0.05) is 0 Å². The monoisotopic (exact) mass is 417 g/mol. The highest BCUT2D eigenvalue weighted by Gasteiger charge is 2.24. The van der Waals surface area contributed by atoms with Crippen molar-refractivity contribution >= 4 is 46.3 Å². The molecule has 0 saturated carbocycles. The number of nitrogens with zero attached hydrogens (tertiary/aromatic N) is 1. The number of hydrogen-bond donors (Lipinski definition) is 2. The second kappa shape index (κ2) is 8.57. The average molecular weight is 418 g/mol. The molecule has 148 valence electrons. The van der Waals surface area contributed by atoms with Crippen molar-refractivity contribution in [2.75, 3.05) is 17.7 Å². The van der Waals surface area contributed by atoms with Gasteiger partial charge in [0, 0.05) is 23.2 Å². The lowest BCUT2D eigenvalue weighted by atomic mass is 10.1.